The van der Waals surface area contributed by atoms with Gasteiger partial charge in [-0.15, -0.1) is 0 Å². The fourth-order valence-electron chi connectivity index (χ4n) is 2.91. The van der Waals surface area contributed by atoms with Crippen molar-refractivity contribution in [2.24, 2.45) is 0 Å². The number of aliphatic hydroxyl groups is 4. The number of amides is 2. The van der Waals surface area contributed by atoms with Crippen LogP contribution in [0, 0.1) is 0 Å². The zero-order valence-corrected chi connectivity index (χ0v) is 15.1. The molecule has 1 aliphatic heterocycles. The minimum absolute atomic E-state index is 0.0623. The highest BCUT2D eigenvalue weighted by Gasteiger charge is 2.44. The van der Waals surface area contributed by atoms with Gasteiger partial charge in [0, 0.05) is 0 Å². The summed E-state index contributed by atoms with van der Waals surface area (Å²) < 4.78 is 6.74. The van der Waals surface area contributed by atoms with Crippen molar-refractivity contribution in [2.75, 3.05) is 11.9 Å². The summed E-state index contributed by atoms with van der Waals surface area (Å²) in [6.07, 6.45) is -3.75. The zero-order valence-electron chi connectivity index (χ0n) is 15.1. The van der Waals surface area contributed by atoms with E-state index in [0.717, 1.165) is 6.33 Å². The molecule has 0 spiro atoms. The molecular formula is C15H20N6O8. The molecule has 1 aliphatic rings. The molecule has 6 atom stereocenters. The topological polar surface area (TPSA) is 212 Å². The lowest BCUT2D eigenvalue weighted by molar-refractivity contribution is -0.141. The van der Waals surface area contributed by atoms with E-state index >= 15 is 0 Å². The Morgan fingerprint density at radius 2 is 2.00 bits per heavy atom. The summed E-state index contributed by atoms with van der Waals surface area (Å²) in [6.45, 7) is 0.710. The first-order chi connectivity index (χ1) is 13.7. The first-order valence-corrected chi connectivity index (χ1v) is 8.53. The Labute approximate surface area is 162 Å². The van der Waals surface area contributed by atoms with Crippen molar-refractivity contribution in [3.8, 4) is 0 Å². The normalized spacial score (nSPS) is 26.2. The van der Waals surface area contributed by atoms with Crippen LogP contribution in [0.2, 0.25) is 0 Å². The second kappa shape index (κ2) is 8.22. The highest BCUT2D eigenvalue weighted by atomic mass is 16.6. The number of carboxylic acid groups (broad SMARTS) is 1. The number of aliphatic carboxylic acids is 1. The van der Waals surface area contributed by atoms with E-state index in [2.05, 4.69) is 25.6 Å². The lowest BCUT2D eigenvalue weighted by Gasteiger charge is -2.17. The fourth-order valence-corrected chi connectivity index (χ4v) is 2.91. The molecule has 3 rings (SSSR count). The van der Waals surface area contributed by atoms with Gasteiger partial charge in [0.25, 0.3) is 0 Å². The van der Waals surface area contributed by atoms with Crippen molar-refractivity contribution in [1.29, 1.82) is 0 Å². The van der Waals surface area contributed by atoms with Gasteiger partial charge in [-0.2, -0.15) is 0 Å². The first-order valence-electron chi connectivity index (χ1n) is 8.53. The van der Waals surface area contributed by atoms with Gasteiger partial charge in [-0.05, 0) is 6.92 Å². The van der Waals surface area contributed by atoms with Gasteiger partial charge in [-0.25, -0.2) is 24.5 Å². The maximum absolute atomic E-state index is 12.1. The number of fused-ring (bicyclic) bond motifs is 1. The van der Waals surface area contributed by atoms with E-state index in [1.165, 1.54) is 17.8 Å². The number of aromatic nitrogens is 4. The summed E-state index contributed by atoms with van der Waals surface area (Å²) in [6, 6.07) is -2.48. The summed E-state index contributed by atoms with van der Waals surface area (Å²) in [4.78, 5) is 35.2. The number of ether oxygens (including phenoxy) is 1. The molecule has 2 amide bonds. The predicted molar refractivity (Wildman–Crippen MR) is 93.6 cm³/mol. The van der Waals surface area contributed by atoms with E-state index in [1.54, 1.807) is 0 Å². The lowest BCUT2D eigenvalue weighted by Crippen LogP contribution is -2.49. The van der Waals surface area contributed by atoms with Crippen molar-refractivity contribution in [3.63, 3.8) is 0 Å². The summed E-state index contributed by atoms with van der Waals surface area (Å²) >= 11 is 0. The van der Waals surface area contributed by atoms with E-state index in [9.17, 15) is 30.0 Å². The highest BCUT2D eigenvalue weighted by Crippen LogP contribution is 2.32. The molecule has 1 saturated heterocycles. The quantitative estimate of drug-likeness (QED) is 0.261. The largest absolute Gasteiger partial charge is 0.480 e. The molecule has 158 valence electrons. The minimum atomic E-state index is -1.54. The van der Waals surface area contributed by atoms with Gasteiger partial charge >= 0.3 is 12.0 Å². The van der Waals surface area contributed by atoms with E-state index in [4.69, 9.17) is 9.84 Å². The highest BCUT2D eigenvalue weighted by molar-refractivity contribution is 5.97. The molecule has 1 fully saturated rings. The SMILES string of the molecule is C[C@@H](O)[C@H](NC(=O)Nc1ncnc2c1ncn2C1O[C@H](CO)[C@@H](O)[C@H]1O)C(=O)O. The van der Waals surface area contributed by atoms with E-state index in [-0.39, 0.29) is 17.0 Å². The number of urea groups is 1. The molecule has 7 N–H and O–H groups in total. The fraction of sp³-hybridized carbons (Fsp3) is 0.533. The van der Waals surface area contributed by atoms with Crippen molar-refractivity contribution in [2.45, 2.75) is 43.6 Å². The van der Waals surface area contributed by atoms with Crippen LogP contribution in [-0.4, -0.2) is 94.1 Å². The Kier molecular flexibility index (Phi) is 5.90. The standard InChI is InChI=1S/C15H20N6O8/c1-5(23)7(14(26)27)19-15(28)20-11-8-12(17-3-16-11)21(4-18-8)13-10(25)9(24)6(2-22)29-13/h3-7,9-10,13,22-25H,2H2,1H3,(H,26,27)(H2,16,17,19,20,28)/t5-,6-,7+,9-,10-,13?/m1/s1. The number of hydrogen-bond donors (Lipinski definition) is 7. The lowest BCUT2D eigenvalue weighted by atomic mass is 10.1. The number of aliphatic hydroxyl groups excluding tert-OH is 4. The molecule has 14 nitrogen and oxygen atoms in total. The number of anilines is 1. The third-order valence-corrected chi connectivity index (χ3v) is 4.42. The molecule has 29 heavy (non-hydrogen) atoms. The van der Waals surface area contributed by atoms with Crippen LogP contribution in [0.3, 0.4) is 0 Å². The number of imidazole rings is 1. The van der Waals surface area contributed by atoms with Crippen molar-refractivity contribution < 1.29 is 39.9 Å². The number of carbonyl (C=O) groups is 2. The Morgan fingerprint density at radius 3 is 2.59 bits per heavy atom. The van der Waals surface area contributed by atoms with Crippen LogP contribution in [0.1, 0.15) is 13.2 Å². The number of nitrogens with zero attached hydrogens (tertiary/aromatic N) is 4. The van der Waals surface area contributed by atoms with Crippen molar-refractivity contribution >= 4 is 29.0 Å². The molecule has 2 aromatic rings. The molecule has 0 aromatic carbocycles. The minimum Gasteiger partial charge on any atom is -0.480 e. The maximum Gasteiger partial charge on any atom is 0.328 e. The van der Waals surface area contributed by atoms with Crippen LogP contribution >= 0.6 is 0 Å². The summed E-state index contributed by atoms with van der Waals surface area (Å²) in [5.74, 6) is -1.48. The molecule has 3 heterocycles. The van der Waals surface area contributed by atoms with Crippen LogP contribution in [0.15, 0.2) is 12.7 Å². The second-order valence-corrected chi connectivity index (χ2v) is 6.43. The molecule has 2 aromatic heterocycles. The van der Waals surface area contributed by atoms with E-state index in [1.807, 2.05) is 0 Å². The van der Waals surface area contributed by atoms with Crippen LogP contribution < -0.4 is 10.6 Å². The first kappa shape index (κ1) is 20.8. The molecule has 14 heteroatoms. The van der Waals surface area contributed by atoms with E-state index in [0.29, 0.717) is 0 Å². The van der Waals surface area contributed by atoms with Gasteiger partial charge < -0.3 is 35.6 Å². The monoisotopic (exact) mass is 412 g/mol. The molecule has 0 bridgehead atoms. The number of hydrogen-bond acceptors (Lipinski definition) is 10. The average Bonchev–Trinajstić information content (AvgIpc) is 3.21. The Morgan fingerprint density at radius 1 is 1.28 bits per heavy atom. The molecule has 0 aliphatic carbocycles. The summed E-state index contributed by atoms with van der Waals surface area (Å²) in [5.41, 5.74) is 0.250. The molecule has 0 saturated carbocycles. The molecular weight excluding hydrogens is 392 g/mol. The van der Waals surface area contributed by atoms with Crippen LogP contribution in [-0.2, 0) is 9.53 Å². The van der Waals surface area contributed by atoms with Gasteiger partial charge in [0.05, 0.1) is 19.0 Å². The van der Waals surface area contributed by atoms with Gasteiger partial charge in [-0.1, -0.05) is 0 Å². The van der Waals surface area contributed by atoms with Crippen LogP contribution in [0.4, 0.5) is 10.6 Å². The van der Waals surface area contributed by atoms with Crippen molar-refractivity contribution in [3.05, 3.63) is 12.7 Å². The number of nitrogens with one attached hydrogen (secondary N) is 2. The zero-order chi connectivity index (χ0) is 21.3. The molecule has 1 unspecified atom stereocenters. The van der Waals surface area contributed by atoms with Gasteiger partial charge in [0.1, 0.15) is 24.6 Å². The van der Waals surface area contributed by atoms with E-state index < -0.39 is 55.3 Å². The van der Waals surface area contributed by atoms with Crippen LogP contribution in [0.25, 0.3) is 11.2 Å². The predicted octanol–water partition coefficient (Wildman–Crippen LogP) is -2.61. The van der Waals surface area contributed by atoms with Crippen molar-refractivity contribution in [1.82, 2.24) is 24.8 Å². The van der Waals surface area contributed by atoms with Crippen LogP contribution in [0.5, 0.6) is 0 Å². The third-order valence-electron chi connectivity index (χ3n) is 4.42. The summed E-state index contributed by atoms with van der Waals surface area (Å²) in [5, 5.41) is 52.2. The third kappa shape index (κ3) is 3.96. The average molecular weight is 412 g/mol. The maximum atomic E-state index is 12.1. The Balaban J connectivity index is 1.83. The number of rotatable bonds is 6. The second-order valence-electron chi connectivity index (χ2n) is 6.43. The molecule has 0 radical (unpaired) electrons. The number of carbonyl (C=O) groups excluding carboxylic acids is 1. The van der Waals surface area contributed by atoms with Gasteiger partial charge in [-0.3, -0.25) is 9.88 Å². The summed E-state index contributed by atoms with van der Waals surface area (Å²) in [7, 11) is 0. The Bertz CT molecular complexity index is 904. The smallest absolute Gasteiger partial charge is 0.328 e. The van der Waals surface area contributed by atoms with Gasteiger partial charge in [0.15, 0.2) is 29.3 Å². The Hall–Kier alpha value is -2.91. The van der Waals surface area contributed by atoms with Gasteiger partial charge in [0.2, 0.25) is 0 Å². The number of carboxylic acids is 1.